The Hall–Kier alpha value is -7.63. The Bertz CT molecular complexity index is 3820. The van der Waals surface area contributed by atoms with Crippen LogP contribution in [-0.2, 0) is 0 Å². The van der Waals surface area contributed by atoms with Crippen LogP contribution in [0.4, 0.5) is 0 Å². The molecule has 0 saturated heterocycles. The van der Waals surface area contributed by atoms with Crippen molar-refractivity contribution in [2.45, 2.75) is 0 Å². The highest BCUT2D eigenvalue weighted by molar-refractivity contribution is 6.10. The summed E-state index contributed by atoms with van der Waals surface area (Å²) in [5.74, 6) is -1.07. The van der Waals surface area contributed by atoms with Crippen LogP contribution in [0.2, 0.25) is 0 Å². The van der Waals surface area contributed by atoms with Crippen LogP contribution in [0.25, 0.3) is 100 Å². The molecule has 0 aliphatic heterocycles. The van der Waals surface area contributed by atoms with Crippen LogP contribution in [0, 0.1) is 0 Å². The second-order valence-corrected chi connectivity index (χ2v) is 12.9. The minimum atomic E-state index is -0.698. The summed E-state index contributed by atoms with van der Waals surface area (Å²) in [4.78, 5) is 14.6. The van der Waals surface area contributed by atoms with Crippen molar-refractivity contribution < 1.29 is 21.9 Å². The van der Waals surface area contributed by atoms with Crippen molar-refractivity contribution >= 4 is 43.6 Å². The van der Waals surface area contributed by atoms with Gasteiger partial charge in [0.15, 0.2) is 5.82 Å². The SMILES string of the molecule is [2H]c1c([2H])c([2H])c2c(c1[2H])c1c([2H])c([2H])c([2H])c([2H])c1n2-c1nc(-c2ccccc2-c2ccc(-c3ccc(-c4ccccc4)cc3)cc2)nc(-n2c3c([2H])c([2H])c([2H])c([2H])c3c3c([2H])c([2H])c([2H])c([2H])c32)n1. The summed E-state index contributed by atoms with van der Waals surface area (Å²) in [5, 5.41) is -1.05. The fourth-order valence-corrected chi connectivity index (χ4v) is 7.17. The van der Waals surface area contributed by atoms with Gasteiger partial charge < -0.3 is 0 Å². The normalized spacial score (nSPS) is 15.6. The van der Waals surface area contributed by atoms with Gasteiger partial charge in [-0.3, -0.25) is 9.13 Å². The molecule has 3 aromatic heterocycles. The number of aromatic nitrogens is 5. The average molecular weight is 732 g/mol. The number of hydrogen-bond donors (Lipinski definition) is 0. The van der Waals surface area contributed by atoms with Gasteiger partial charge in [-0.1, -0.05) is 176 Å². The van der Waals surface area contributed by atoms with Crippen LogP contribution in [0.1, 0.15) is 21.9 Å². The van der Waals surface area contributed by atoms with E-state index in [1.54, 1.807) is 18.2 Å². The van der Waals surface area contributed by atoms with Gasteiger partial charge in [-0.2, -0.15) is 15.0 Å². The molecule has 0 aliphatic carbocycles. The van der Waals surface area contributed by atoms with Crippen LogP contribution in [0.15, 0.2) is 200 Å². The third-order valence-corrected chi connectivity index (χ3v) is 9.77. The highest BCUT2D eigenvalue weighted by Gasteiger charge is 2.21. The molecule has 5 heteroatoms. The summed E-state index contributed by atoms with van der Waals surface area (Å²) in [6, 6.07) is 22.4. The molecule has 0 radical (unpaired) electrons. The first kappa shape index (κ1) is 19.6. The molecule has 11 aromatic rings. The van der Waals surface area contributed by atoms with Gasteiger partial charge in [0.05, 0.1) is 44.0 Å². The molecule has 0 spiro atoms. The standard InChI is InChI=1S/C51H33N5/c1-2-14-34(15-3-1)35-26-28-36(29-27-35)37-30-32-38(33-31-37)39-16-4-5-21-44(39)49-52-50(55-45-22-10-6-17-40(45)41-18-7-11-23-46(41)55)54-51(53-49)56-47-24-12-8-19-42(47)43-20-9-13-25-48(43)56/h1-33H/i6D,7D,8D,9D,10D,11D,12D,13D,17D,18D,19D,20D,22D,23D,24D,25D. The Labute approximate surface area is 345 Å². The zero-order valence-corrected chi connectivity index (χ0v) is 29.1. The lowest BCUT2D eigenvalue weighted by atomic mass is 9.96. The second kappa shape index (κ2) is 13.0. The largest absolute Gasteiger partial charge is 0.278 e. The molecular formula is C51H33N5. The first-order valence-electron chi connectivity index (χ1n) is 25.6. The van der Waals surface area contributed by atoms with E-state index in [1.807, 2.05) is 84.9 Å². The number of para-hydroxylation sites is 4. The van der Waals surface area contributed by atoms with Crippen molar-refractivity contribution in [3.8, 4) is 56.7 Å². The van der Waals surface area contributed by atoms with Gasteiger partial charge in [0.25, 0.3) is 0 Å². The van der Waals surface area contributed by atoms with E-state index in [-0.39, 0.29) is 49.4 Å². The summed E-state index contributed by atoms with van der Waals surface area (Å²) < 4.78 is 144. The van der Waals surface area contributed by atoms with Crippen molar-refractivity contribution in [3.05, 3.63) is 200 Å². The van der Waals surface area contributed by atoms with Crippen molar-refractivity contribution in [2.75, 3.05) is 0 Å². The zero-order valence-electron chi connectivity index (χ0n) is 45.1. The molecule has 0 bridgehead atoms. The van der Waals surface area contributed by atoms with Crippen LogP contribution in [0.3, 0.4) is 0 Å². The van der Waals surface area contributed by atoms with Gasteiger partial charge in [-0.15, -0.1) is 0 Å². The molecule has 0 amide bonds. The van der Waals surface area contributed by atoms with Gasteiger partial charge in [0.2, 0.25) is 11.9 Å². The van der Waals surface area contributed by atoms with E-state index < -0.39 is 109 Å². The summed E-state index contributed by atoms with van der Waals surface area (Å²) in [7, 11) is 0. The van der Waals surface area contributed by atoms with E-state index in [4.69, 9.17) is 31.4 Å². The van der Waals surface area contributed by atoms with Gasteiger partial charge in [-0.25, -0.2) is 0 Å². The van der Waals surface area contributed by atoms with Gasteiger partial charge in [-0.05, 0) is 57.6 Å². The second-order valence-electron chi connectivity index (χ2n) is 12.9. The van der Waals surface area contributed by atoms with Crippen LogP contribution < -0.4 is 0 Å². The predicted molar refractivity (Wildman–Crippen MR) is 230 cm³/mol. The number of hydrogen-bond acceptors (Lipinski definition) is 3. The maximum atomic E-state index is 9.22. The molecule has 0 saturated carbocycles. The molecule has 56 heavy (non-hydrogen) atoms. The number of benzene rings is 8. The topological polar surface area (TPSA) is 48.5 Å². The van der Waals surface area contributed by atoms with Gasteiger partial charge in [0.1, 0.15) is 0 Å². The van der Waals surface area contributed by atoms with E-state index in [0.717, 1.165) is 31.4 Å². The molecule has 0 aliphatic rings. The first-order chi connectivity index (χ1) is 34.4. The molecule has 262 valence electrons. The smallest absolute Gasteiger partial charge is 0.240 e. The highest BCUT2D eigenvalue weighted by atomic mass is 15.3. The average Bonchev–Trinajstić information content (AvgIpc) is 3.97. The number of rotatable bonds is 6. The molecule has 0 N–H and O–H groups in total. The summed E-state index contributed by atoms with van der Waals surface area (Å²) in [5.41, 5.74) is 4.35. The predicted octanol–water partition coefficient (Wildman–Crippen LogP) is 12.7. The van der Waals surface area contributed by atoms with E-state index in [2.05, 4.69) is 0 Å². The molecular weight excluding hydrogens is 683 g/mol. The molecule has 0 atom stereocenters. The molecule has 0 fully saturated rings. The summed E-state index contributed by atoms with van der Waals surface area (Å²) in [6.45, 7) is 0. The lowest BCUT2D eigenvalue weighted by Gasteiger charge is -2.14. The minimum Gasteiger partial charge on any atom is -0.278 e. The van der Waals surface area contributed by atoms with Crippen molar-refractivity contribution in [2.24, 2.45) is 0 Å². The van der Waals surface area contributed by atoms with E-state index in [1.165, 1.54) is 0 Å². The zero-order chi connectivity index (χ0) is 50.9. The third kappa shape index (κ3) is 5.21. The number of fused-ring (bicyclic) bond motifs is 6. The minimum absolute atomic E-state index is 0.139. The third-order valence-electron chi connectivity index (χ3n) is 9.77. The Balaban J connectivity index is 1.24. The first-order valence-corrected chi connectivity index (χ1v) is 17.6. The molecule has 5 nitrogen and oxygen atoms in total. The summed E-state index contributed by atoms with van der Waals surface area (Å²) >= 11 is 0. The Kier molecular flexibility index (Phi) is 4.57. The maximum absolute atomic E-state index is 9.22. The quantitative estimate of drug-likeness (QED) is 0.171. The van der Waals surface area contributed by atoms with E-state index in [9.17, 15) is 5.48 Å². The highest BCUT2D eigenvalue weighted by Crippen LogP contribution is 2.37. The number of nitrogens with zero attached hydrogens (tertiary/aromatic N) is 5. The van der Waals surface area contributed by atoms with Crippen molar-refractivity contribution in [3.63, 3.8) is 0 Å². The van der Waals surface area contributed by atoms with Crippen molar-refractivity contribution in [1.29, 1.82) is 0 Å². The molecule has 3 heterocycles. The van der Waals surface area contributed by atoms with E-state index in [0.29, 0.717) is 16.7 Å². The molecule has 11 rings (SSSR count). The van der Waals surface area contributed by atoms with Crippen LogP contribution >= 0.6 is 0 Å². The Morgan fingerprint density at radius 1 is 0.321 bits per heavy atom. The lowest BCUT2D eigenvalue weighted by Crippen LogP contribution is -2.10. The van der Waals surface area contributed by atoms with Crippen molar-refractivity contribution in [1.82, 2.24) is 24.1 Å². The summed E-state index contributed by atoms with van der Waals surface area (Å²) in [6.07, 6.45) is 0. The van der Waals surface area contributed by atoms with E-state index >= 15 is 0 Å². The Morgan fingerprint density at radius 2 is 0.661 bits per heavy atom. The van der Waals surface area contributed by atoms with Gasteiger partial charge in [0, 0.05) is 27.1 Å². The molecule has 0 unspecified atom stereocenters. The Morgan fingerprint density at radius 3 is 1.09 bits per heavy atom. The van der Waals surface area contributed by atoms with Crippen LogP contribution in [-0.4, -0.2) is 24.1 Å². The monoisotopic (exact) mass is 731 g/mol. The fourth-order valence-electron chi connectivity index (χ4n) is 7.17. The van der Waals surface area contributed by atoms with Gasteiger partial charge >= 0.3 is 0 Å². The lowest BCUT2D eigenvalue weighted by molar-refractivity contribution is 0.893. The maximum Gasteiger partial charge on any atom is 0.240 e. The van der Waals surface area contributed by atoms with Crippen LogP contribution in [0.5, 0.6) is 0 Å². The molecule has 8 aromatic carbocycles. The fraction of sp³-hybridized carbons (Fsp3) is 0.